The lowest BCUT2D eigenvalue weighted by Gasteiger charge is -2.11. The average molecular weight is 442 g/mol. The largest absolute Gasteiger partial charge is 0.488 e. The molecule has 0 aliphatic heterocycles. The van der Waals surface area contributed by atoms with Crippen molar-refractivity contribution in [1.82, 2.24) is 20.0 Å². The van der Waals surface area contributed by atoms with Gasteiger partial charge in [-0.25, -0.2) is 13.9 Å². The molecule has 3 heterocycles. The molecule has 0 saturated heterocycles. The first-order chi connectivity index (χ1) is 15.0. The Kier molecular flexibility index (Phi) is 5.45. The van der Waals surface area contributed by atoms with Crippen LogP contribution in [-0.2, 0) is 0 Å². The molecule has 0 spiro atoms. The lowest BCUT2D eigenvalue weighted by Crippen LogP contribution is -2.17. The van der Waals surface area contributed by atoms with E-state index in [2.05, 4.69) is 25.9 Å². The molecule has 4 rings (SSSR count). The van der Waals surface area contributed by atoms with Gasteiger partial charge in [0.1, 0.15) is 5.82 Å². The van der Waals surface area contributed by atoms with Crippen molar-refractivity contribution in [3.63, 3.8) is 0 Å². The number of aromatic nitrogens is 4. The summed E-state index contributed by atoms with van der Waals surface area (Å²) in [5.74, 6) is -1.81. The van der Waals surface area contributed by atoms with Crippen molar-refractivity contribution < 1.29 is 18.3 Å². The van der Waals surface area contributed by atoms with Crippen LogP contribution in [0.5, 0.6) is 5.75 Å². The van der Waals surface area contributed by atoms with Gasteiger partial charge in [0, 0.05) is 18.0 Å². The zero-order valence-electron chi connectivity index (χ0n) is 16.2. The van der Waals surface area contributed by atoms with E-state index in [4.69, 9.17) is 9.15 Å². The maximum absolute atomic E-state index is 14.0. The topological polar surface area (TPSA) is 124 Å². The standard InChI is InChI=1S/C19H15FN6O4S/c1-10-7-8-21-26(10)19-25-24-18(31-19)23-16(27)14-9-13(15(29-2)17(28)30-14)22-12-6-4-3-5-11(12)20/h3-9,22H,1-2H3,(H,23,24,27). The molecule has 2 N–H and O–H groups in total. The van der Waals surface area contributed by atoms with Crippen LogP contribution in [0.15, 0.2) is 51.8 Å². The molecule has 4 aromatic rings. The van der Waals surface area contributed by atoms with Crippen molar-refractivity contribution in [2.24, 2.45) is 0 Å². The summed E-state index contributed by atoms with van der Waals surface area (Å²) in [4.78, 5) is 24.9. The van der Waals surface area contributed by atoms with Gasteiger partial charge in [0.05, 0.1) is 18.5 Å². The fourth-order valence-corrected chi connectivity index (χ4v) is 3.43. The van der Waals surface area contributed by atoms with Crippen LogP contribution in [0, 0.1) is 12.7 Å². The van der Waals surface area contributed by atoms with Crippen molar-refractivity contribution >= 4 is 33.8 Å². The summed E-state index contributed by atoms with van der Waals surface area (Å²) in [6.07, 6.45) is 1.62. The molecule has 10 nitrogen and oxygen atoms in total. The Morgan fingerprint density at radius 1 is 1.23 bits per heavy atom. The Labute approximate surface area is 178 Å². The van der Waals surface area contributed by atoms with Gasteiger partial charge in [-0.3, -0.25) is 10.1 Å². The fraction of sp³-hybridized carbons (Fsp3) is 0.105. The summed E-state index contributed by atoms with van der Waals surface area (Å²) in [5.41, 5.74) is 0.110. The van der Waals surface area contributed by atoms with Gasteiger partial charge in [0.2, 0.25) is 16.0 Å². The summed E-state index contributed by atoms with van der Waals surface area (Å²) < 4.78 is 25.7. The average Bonchev–Trinajstić information content (AvgIpc) is 3.38. The number of benzene rings is 1. The Morgan fingerprint density at radius 3 is 2.74 bits per heavy atom. The summed E-state index contributed by atoms with van der Waals surface area (Å²) in [5, 5.41) is 17.9. The Morgan fingerprint density at radius 2 is 2.03 bits per heavy atom. The maximum Gasteiger partial charge on any atom is 0.381 e. The first-order valence-electron chi connectivity index (χ1n) is 8.86. The molecule has 0 fully saturated rings. The number of carbonyl (C=O) groups excluding carboxylic acids is 1. The highest BCUT2D eigenvalue weighted by Gasteiger charge is 2.20. The third-order valence-electron chi connectivity index (χ3n) is 4.13. The van der Waals surface area contributed by atoms with E-state index in [0.29, 0.717) is 5.13 Å². The molecule has 0 unspecified atom stereocenters. The number of nitrogens with zero attached hydrogens (tertiary/aromatic N) is 4. The summed E-state index contributed by atoms with van der Waals surface area (Å²) in [7, 11) is 1.26. The Bertz CT molecular complexity index is 1310. The number of aryl methyl sites for hydroxylation is 1. The minimum absolute atomic E-state index is 0.0686. The van der Waals surface area contributed by atoms with Crippen LogP contribution in [0.3, 0.4) is 0 Å². The molecule has 158 valence electrons. The monoisotopic (exact) mass is 442 g/mol. The van der Waals surface area contributed by atoms with Gasteiger partial charge >= 0.3 is 5.63 Å². The maximum atomic E-state index is 14.0. The van der Waals surface area contributed by atoms with Crippen molar-refractivity contribution in [2.75, 3.05) is 17.7 Å². The molecular formula is C19H15FN6O4S. The quantitative estimate of drug-likeness (QED) is 0.467. The second kappa shape index (κ2) is 8.36. The normalized spacial score (nSPS) is 10.7. The van der Waals surface area contributed by atoms with Crippen LogP contribution < -0.4 is 21.0 Å². The SMILES string of the molecule is COc1c(Nc2ccccc2F)cc(C(=O)Nc2nnc(-n3nccc3C)s2)oc1=O. The molecular weight excluding hydrogens is 427 g/mol. The van der Waals surface area contributed by atoms with Gasteiger partial charge in [-0.1, -0.05) is 23.5 Å². The lowest BCUT2D eigenvalue weighted by atomic mass is 10.2. The number of hydrogen-bond donors (Lipinski definition) is 2. The molecule has 0 atom stereocenters. The number of ether oxygens (including phenoxy) is 1. The van der Waals surface area contributed by atoms with Gasteiger partial charge < -0.3 is 14.5 Å². The summed E-state index contributed by atoms with van der Waals surface area (Å²) in [6, 6.07) is 8.91. The molecule has 1 aromatic carbocycles. The van der Waals surface area contributed by atoms with Crippen LogP contribution in [0.2, 0.25) is 0 Å². The van der Waals surface area contributed by atoms with E-state index in [9.17, 15) is 14.0 Å². The van der Waals surface area contributed by atoms with Gasteiger partial charge in [-0.2, -0.15) is 5.10 Å². The van der Waals surface area contributed by atoms with Crippen LogP contribution in [-0.4, -0.2) is 33.0 Å². The molecule has 3 aromatic heterocycles. The zero-order valence-corrected chi connectivity index (χ0v) is 17.1. The number of amides is 1. The van der Waals surface area contributed by atoms with E-state index in [1.54, 1.807) is 23.0 Å². The van der Waals surface area contributed by atoms with Gasteiger partial charge in [-0.05, 0) is 25.1 Å². The number of anilines is 3. The highest BCUT2D eigenvalue weighted by molar-refractivity contribution is 7.17. The molecule has 0 bridgehead atoms. The number of rotatable bonds is 6. The van der Waals surface area contributed by atoms with Crippen molar-refractivity contribution in [3.05, 3.63) is 70.3 Å². The second-order valence-electron chi connectivity index (χ2n) is 6.18. The third kappa shape index (κ3) is 4.14. The van der Waals surface area contributed by atoms with E-state index in [1.165, 1.54) is 31.4 Å². The van der Waals surface area contributed by atoms with Crippen LogP contribution in [0.25, 0.3) is 5.13 Å². The first kappa shape index (κ1) is 20.2. The Balaban J connectivity index is 1.61. The smallest absolute Gasteiger partial charge is 0.381 e. The van der Waals surface area contributed by atoms with Gasteiger partial charge in [0.15, 0.2) is 5.76 Å². The molecule has 0 saturated carbocycles. The molecule has 12 heteroatoms. The number of hydrogen-bond acceptors (Lipinski definition) is 9. The molecule has 0 radical (unpaired) electrons. The predicted molar refractivity (Wildman–Crippen MR) is 111 cm³/mol. The molecule has 0 aliphatic rings. The van der Waals surface area contributed by atoms with E-state index >= 15 is 0 Å². The van der Waals surface area contributed by atoms with Crippen LogP contribution in [0.1, 0.15) is 16.2 Å². The van der Waals surface area contributed by atoms with Crippen LogP contribution >= 0.6 is 11.3 Å². The van der Waals surface area contributed by atoms with Crippen molar-refractivity contribution in [2.45, 2.75) is 6.92 Å². The van der Waals surface area contributed by atoms with Crippen molar-refractivity contribution in [1.29, 1.82) is 0 Å². The highest BCUT2D eigenvalue weighted by atomic mass is 32.1. The second-order valence-corrected chi connectivity index (χ2v) is 7.13. The lowest BCUT2D eigenvalue weighted by molar-refractivity contribution is 0.0991. The van der Waals surface area contributed by atoms with E-state index in [0.717, 1.165) is 17.0 Å². The van der Waals surface area contributed by atoms with Crippen LogP contribution in [0.4, 0.5) is 20.9 Å². The van der Waals surface area contributed by atoms with Gasteiger partial charge in [0.25, 0.3) is 5.91 Å². The molecule has 31 heavy (non-hydrogen) atoms. The van der Waals surface area contributed by atoms with E-state index < -0.39 is 17.3 Å². The van der Waals surface area contributed by atoms with Gasteiger partial charge in [-0.15, -0.1) is 10.2 Å². The number of methoxy groups -OCH3 is 1. The predicted octanol–water partition coefficient (Wildman–Crippen LogP) is 3.13. The Hall–Kier alpha value is -4.06. The number of para-hydroxylation sites is 1. The highest BCUT2D eigenvalue weighted by Crippen LogP contribution is 2.27. The molecule has 1 amide bonds. The summed E-state index contributed by atoms with van der Waals surface area (Å²) in [6.45, 7) is 1.85. The number of nitrogens with one attached hydrogen (secondary N) is 2. The zero-order chi connectivity index (χ0) is 22.0. The minimum Gasteiger partial charge on any atom is -0.488 e. The minimum atomic E-state index is -0.904. The number of halogens is 1. The fourth-order valence-electron chi connectivity index (χ4n) is 2.67. The summed E-state index contributed by atoms with van der Waals surface area (Å²) >= 11 is 1.09. The third-order valence-corrected chi connectivity index (χ3v) is 4.94. The van der Waals surface area contributed by atoms with E-state index in [-0.39, 0.29) is 28.0 Å². The van der Waals surface area contributed by atoms with Crippen molar-refractivity contribution in [3.8, 4) is 10.9 Å². The number of carbonyl (C=O) groups is 1. The van der Waals surface area contributed by atoms with E-state index in [1.807, 2.05) is 6.92 Å². The molecule has 0 aliphatic carbocycles. The first-order valence-corrected chi connectivity index (χ1v) is 9.67.